The Hall–Kier alpha value is -2.00. The molecule has 0 bridgehead atoms. The minimum Gasteiger partial charge on any atom is -0.508 e. The SMILES string of the molecule is CNC(C)c1ccc(N(C)Cc2cccc(C)c2)cc1O. The molecule has 2 rings (SSSR count). The number of nitrogens with one attached hydrogen (secondary N) is 1. The maximum absolute atomic E-state index is 10.2. The molecule has 0 aliphatic heterocycles. The molecule has 3 heteroatoms. The zero-order valence-corrected chi connectivity index (χ0v) is 13.2. The van der Waals surface area contributed by atoms with E-state index in [1.165, 1.54) is 11.1 Å². The van der Waals surface area contributed by atoms with Gasteiger partial charge in [-0.05, 0) is 32.5 Å². The van der Waals surface area contributed by atoms with Gasteiger partial charge in [0.05, 0.1) is 0 Å². The number of hydrogen-bond acceptors (Lipinski definition) is 3. The fourth-order valence-corrected chi connectivity index (χ4v) is 2.47. The summed E-state index contributed by atoms with van der Waals surface area (Å²) in [5.74, 6) is 0.338. The van der Waals surface area contributed by atoms with Gasteiger partial charge < -0.3 is 15.3 Å². The summed E-state index contributed by atoms with van der Waals surface area (Å²) in [7, 11) is 3.93. The van der Waals surface area contributed by atoms with Gasteiger partial charge in [-0.1, -0.05) is 35.9 Å². The summed E-state index contributed by atoms with van der Waals surface area (Å²) >= 11 is 0. The molecule has 0 radical (unpaired) electrons. The third-order valence-corrected chi connectivity index (χ3v) is 3.86. The molecule has 1 unspecified atom stereocenters. The van der Waals surface area contributed by atoms with Crippen molar-refractivity contribution in [2.24, 2.45) is 0 Å². The first-order chi connectivity index (χ1) is 10.0. The Morgan fingerprint density at radius 2 is 1.95 bits per heavy atom. The lowest BCUT2D eigenvalue weighted by atomic mass is 10.1. The molecular weight excluding hydrogens is 260 g/mol. The number of aryl methyl sites for hydroxylation is 1. The van der Waals surface area contributed by atoms with E-state index in [0.717, 1.165) is 17.8 Å². The van der Waals surface area contributed by atoms with Crippen LogP contribution in [0.3, 0.4) is 0 Å². The predicted molar refractivity (Wildman–Crippen MR) is 88.9 cm³/mol. The van der Waals surface area contributed by atoms with Gasteiger partial charge in [-0.2, -0.15) is 0 Å². The van der Waals surface area contributed by atoms with Crippen LogP contribution in [0.5, 0.6) is 5.75 Å². The highest BCUT2D eigenvalue weighted by Crippen LogP contribution is 2.29. The minimum atomic E-state index is 0.140. The fourth-order valence-electron chi connectivity index (χ4n) is 2.47. The van der Waals surface area contributed by atoms with Crippen molar-refractivity contribution in [1.29, 1.82) is 0 Å². The van der Waals surface area contributed by atoms with Crippen molar-refractivity contribution in [2.45, 2.75) is 26.4 Å². The van der Waals surface area contributed by atoms with Crippen LogP contribution < -0.4 is 10.2 Å². The average molecular weight is 284 g/mol. The first-order valence-corrected chi connectivity index (χ1v) is 7.28. The molecule has 3 nitrogen and oxygen atoms in total. The molecule has 2 aromatic rings. The second-order valence-corrected chi connectivity index (χ2v) is 5.60. The van der Waals surface area contributed by atoms with Crippen molar-refractivity contribution >= 4 is 5.69 Å². The van der Waals surface area contributed by atoms with E-state index in [-0.39, 0.29) is 6.04 Å². The van der Waals surface area contributed by atoms with Crippen LogP contribution in [-0.2, 0) is 6.54 Å². The molecule has 0 heterocycles. The Morgan fingerprint density at radius 1 is 1.19 bits per heavy atom. The molecule has 0 aliphatic carbocycles. The summed E-state index contributed by atoms with van der Waals surface area (Å²) in [5, 5.41) is 13.3. The van der Waals surface area contributed by atoms with Crippen LogP contribution in [0.4, 0.5) is 5.69 Å². The molecule has 0 saturated carbocycles. The Bertz CT molecular complexity index is 610. The molecule has 2 aromatic carbocycles. The van der Waals surface area contributed by atoms with E-state index in [0.29, 0.717) is 5.75 Å². The number of nitrogens with zero attached hydrogens (tertiary/aromatic N) is 1. The van der Waals surface area contributed by atoms with E-state index in [1.54, 1.807) is 0 Å². The van der Waals surface area contributed by atoms with Crippen LogP contribution >= 0.6 is 0 Å². The predicted octanol–water partition coefficient (Wildman–Crippen LogP) is 3.62. The third-order valence-electron chi connectivity index (χ3n) is 3.86. The van der Waals surface area contributed by atoms with Gasteiger partial charge in [-0.25, -0.2) is 0 Å². The molecular formula is C18H24N2O. The van der Waals surface area contributed by atoms with Gasteiger partial charge in [-0.3, -0.25) is 0 Å². The van der Waals surface area contributed by atoms with Gasteiger partial charge in [0.15, 0.2) is 0 Å². The molecule has 2 N–H and O–H groups in total. The van der Waals surface area contributed by atoms with Crippen molar-refractivity contribution in [1.82, 2.24) is 5.32 Å². The Morgan fingerprint density at radius 3 is 2.57 bits per heavy atom. The number of aromatic hydroxyl groups is 1. The number of rotatable bonds is 5. The molecule has 0 amide bonds. The summed E-state index contributed by atoms with van der Waals surface area (Å²) in [6.07, 6.45) is 0. The lowest BCUT2D eigenvalue weighted by Gasteiger charge is -2.21. The normalized spacial score (nSPS) is 12.2. The largest absolute Gasteiger partial charge is 0.508 e. The van der Waals surface area contributed by atoms with E-state index in [4.69, 9.17) is 0 Å². The highest BCUT2D eigenvalue weighted by Gasteiger charge is 2.10. The quantitative estimate of drug-likeness (QED) is 0.880. The number of anilines is 1. The van der Waals surface area contributed by atoms with E-state index in [2.05, 4.69) is 47.5 Å². The minimum absolute atomic E-state index is 0.140. The topological polar surface area (TPSA) is 35.5 Å². The highest BCUT2D eigenvalue weighted by atomic mass is 16.3. The summed E-state index contributed by atoms with van der Waals surface area (Å²) in [5.41, 5.74) is 4.47. The van der Waals surface area contributed by atoms with Crippen molar-refractivity contribution in [3.05, 3.63) is 59.2 Å². The molecule has 0 aliphatic rings. The maximum Gasteiger partial charge on any atom is 0.122 e. The fraction of sp³-hybridized carbons (Fsp3) is 0.333. The van der Waals surface area contributed by atoms with Gasteiger partial charge in [0, 0.05) is 37.0 Å². The van der Waals surface area contributed by atoms with E-state index in [9.17, 15) is 5.11 Å². The van der Waals surface area contributed by atoms with E-state index in [1.807, 2.05) is 33.2 Å². The molecule has 0 spiro atoms. The zero-order valence-electron chi connectivity index (χ0n) is 13.2. The number of phenolic OH excluding ortho intramolecular Hbond substituents is 1. The lowest BCUT2D eigenvalue weighted by Crippen LogP contribution is -2.17. The Labute approximate surface area is 127 Å². The first-order valence-electron chi connectivity index (χ1n) is 7.28. The lowest BCUT2D eigenvalue weighted by molar-refractivity contribution is 0.458. The van der Waals surface area contributed by atoms with Crippen LogP contribution in [0.15, 0.2) is 42.5 Å². The van der Waals surface area contributed by atoms with E-state index < -0.39 is 0 Å². The molecule has 112 valence electrons. The third kappa shape index (κ3) is 3.76. The number of benzene rings is 2. The average Bonchev–Trinajstić information content (AvgIpc) is 2.46. The molecule has 0 fully saturated rings. The zero-order chi connectivity index (χ0) is 15.4. The smallest absolute Gasteiger partial charge is 0.122 e. The van der Waals surface area contributed by atoms with E-state index >= 15 is 0 Å². The van der Waals surface area contributed by atoms with Crippen LogP contribution in [0.25, 0.3) is 0 Å². The van der Waals surface area contributed by atoms with Crippen LogP contribution in [-0.4, -0.2) is 19.2 Å². The maximum atomic E-state index is 10.2. The van der Waals surface area contributed by atoms with Gasteiger partial charge >= 0.3 is 0 Å². The summed E-state index contributed by atoms with van der Waals surface area (Å²) in [4.78, 5) is 2.14. The first kappa shape index (κ1) is 15.4. The monoisotopic (exact) mass is 284 g/mol. The number of hydrogen-bond donors (Lipinski definition) is 2. The van der Waals surface area contributed by atoms with Crippen molar-refractivity contribution in [2.75, 3.05) is 19.0 Å². The van der Waals surface area contributed by atoms with Gasteiger partial charge in [0.2, 0.25) is 0 Å². The Kier molecular flexibility index (Phi) is 4.86. The number of phenols is 1. The Balaban J connectivity index is 2.16. The molecule has 0 aromatic heterocycles. The molecule has 0 saturated heterocycles. The van der Waals surface area contributed by atoms with Crippen molar-refractivity contribution in [3.63, 3.8) is 0 Å². The van der Waals surface area contributed by atoms with Crippen molar-refractivity contribution in [3.8, 4) is 5.75 Å². The summed E-state index contributed by atoms with van der Waals surface area (Å²) in [6.45, 7) is 4.95. The van der Waals surface area contributed by atoms with Crippen LogP contribution in [0.2, 0.25) is 0 Å². The van der Waals surface area contributed by atoms with Crippen LogP contribution in [0.1, 0.15) is 29.7 Å². The van der Waals surface area contributed by atoms with Crippen molar-refractivity contribution < 1.29 is 5.11 Å². The van der Waals surface area contributed by atoms with Crippen LogP contribution in [0, 0.1) is 6.92 Å². The standard InChI is InChI=1S/C18H24N2O/c1-13-6-5-7-15(10-13)12-20(4)16-8-9-17(14(2)19-3)18(21)11-16/h5-11,14,19,21H,12H2,1-4H3. The second-order valence-electron chi connectivity index (χ2n) is 5.60. The molecule has 21 heavy (non-hydrogen) atoms. The summed E-state index contributed by atoms with van der Waals surface area (Å²) < 4.78 is 0. The highest BCUT2D eigenvalue weighted by molar-refractivity contribution is 5.54. The van der Waals surface area contributed by atoms with Gasteiger partial charge in [-0.15, -0.1) is 0 Å². The molecule has 1 atom stereocenters. The summed E-state index contributed by atoms with van der Waals surface area (Å²) in [6, 6.07) is 14.5. The van der Waals surface area contributed by atoms with Gasteiger partial charge in [0.25, 0.3) is 0 Å². The van der Waals surface area contributed by atoms with Gasteiger partial charge in [0.1, 0.15) is 5.75 Å². The second kappa shape index (κ2) is 6.64.